The first-order valence-corrected chi connectivity index (χ1v) is 10.5. The zero-order valence-electron chi connectivity index (χ0n) is 18.3. The second-order valence-electron chi connectivity index (χ2n) is 7.87. The Balaban J connectivity index is 1.50. The summed E-state index contributed by atoms with van der Waals surface area (Å²) in [5.41, 5.74) is 4.58. The van der Waals surface area contributed by atoms with Gasteiger partial charge in [-0.2, -0.15) is 13.2 Å². The first-order chi connectivity index (χ1) is 16.2. The van der Waals surface area contributed by atoms with Crippen molar-refractivity contribution in [1.82, 2.24) is 10.3 Å². The highest BCUT2D eigenvalue weighted by Crippen LogP contribution is 2.34. The van der Waals surface area contributed by atoms with Crippen molar-refractivity contribution in [3.05, 3.63) is 94.8 Å². The van der Waals surface area contributed by atoms with Gasteiger partial charge >= 0.3 is 12.1 Å². The van der Waals surface area contributed by atoms with E-state index in [9.17, 15) is 22.8 Å². The van der Waals surface area contributed by atoms with Crippen LogP contribution >= 0.6 is 0 Å². The molecule has 1 amide bonds. The molecule has 0 unspecified atom stereocenters. The van der Waals surface area contributed by atoms with E-state index in [1.54, 1.807) is 6.20 Å². The van der Waals surface area contributed by atoms with Crippen LogP contribution in [0.4, 0.5) is 13.2 Å². The summed E-state index contributed by atoms with van der Waals surface area (Å²) in [5, 5.41) is 2.88. The van der Waals surface area contributed by atoms with Crippen LogP contribution in [0.5, 0.6) is 0 Å². The molecular formula is C26H21F3N2O3. The Bertz CT molecular complexity index is 1250. The largest absolute Gasteiger partial charge is 0.469 e. The van der Waals surface area contributed by atoms with E-state index in [2.05, 4.69) is 10.3 Å². The Morgan fingerprint density at radius 3 is 2.26 bits per heavy atom. The lowest BCUT2D eigenvalue weighted by Crippen LogP contribution is -2.23. The third-order valence-corrected chi connectivity index (χ3v) is 5.56. The van der Waals surface area contributed by atoms with Crippen LogP contribution in [0, 0.1) is 0 Å². The number of fused-ring (bicyclic) bond motifs is 1. The van der Waals surface area contributed by atoms with Gasteiger partial charge in [-0.25, -0.2) is 0 Å². The maximum atomic E-state index is 12.8. The predicted octanol–water partition coefficient (Wildman–Crippen LogP) is 4.74. The number of hydrogen-bond acceptors (Lipinski definition) is 4. The van der Waals surface area contributed by atoms with Crippen molar-refractivity contribution in [2.45, 2.75) is 25.4 Å². The number of hydrogen-bond donors (Lipinski definition) is 1. The fraction of sp³-hybridized carbons (Fsp3) is 0.192. The lowest BCUT2D eigenvalue weighted by molar-refractivity contribution is -0.140. The fourth-order valence-electron chi connectivity index (χ4n) is 3.85. The summed E-state index contributed by atoms with van der Waals surface area (Å²) in [6, 6.07) is 13.9. The van der Waals surface area contributed by atoms with Crippen molar-refractivity contribution in [3.63, 3.8) is 0 Å². The van der Waals surface area contributed by atoms with Gasteiger partial charge in [0.2, 0.25) is 5.91 Å². The minimum Gasteiger partial charge on any atom is -0.469 e. The molecule has 1 N–H and O–H groups in total. The molecule has 1 aromatic heterocycles. The number of nitrogens with one attached hydrogen (secondary N) is 1. The second-order valence-corrected chi connectivity index (χ2v) is 7.87. The molecular weight excluding hydrogens is 445 g/mol. The van der Waals surface area contributed by atoms with E-state index in [0.717, 1.165) is 40.1 Å². The van der Waals surface area contributed by atoms with Gasteiger partial charge in [0, 0.05) is 23.9 Å². The minimum atomic E-state index is -4.42. The molecule has 0 bridgehead atoms. The van der Waals surface area contributed by atoms with Gasteiger partial charge in [0.15, 0.2) is 0 Å². The number of carbonyl (C=O) groups excluding carboxylic acids is 2. The first-order valence-electron chi connectivity index (χ1n) is 10.5. The molecule has 1 aliphatic rings. The number of ether oxygens (including phenoxy) is 1. The van der Waals surface area contributed by atoms with E-state index in [-0.39, 0.29) is 24.7 Å². The fourth-order valence-corrected chi connectivity index (χ4v) is 3.85. The maximum absolute atomic E-state index is 12.8. The predicted molar refractivity (Wildman–Crippen MR) is 120 cm³/mol. The Morgan fingerprint density at radius 2 is 1.62 bits per heavy atom. The molecule has 0 spiro atoms. The number of esters is 1. The van der Waals surface area contributed by atoms with Crippen LogP contribution in [0.25, 0.3) is 16.8 Å². The van der Waals surface area contributed by atoms with Crippen LogP contribution in [0.1, 0.15) is 27.9 Å². The van der Waals surface area contributed by atoms with Gasteiger partial charge in [-0.3, -0.25) is 14.6 Å². The summed E-state index contributed by atoms with van der Waals surface area (Å²) in [6.07, 6.45) is -0.159. The highest BCUT2D eigenvalue weighted by molar-refractivity contribution is 5.93. The van der Waals surface area contributed by atoms with E-state index < -0.39 is 11.7 Å². The molecule has 0 saturated carbocycles. The maximum Gasteiger partial charge on any atom is 0.416 e. The number of pyridine rings is 1. The van der Waals surface area contributed by atoms with Crippen LogP contribution in [0.15, 0.2) is 66.9 Å². The number of allylic oxidation sites excluding steroid dienone is 1. The molecule has 0 aliphatic heterocycles. The third-order valence-electron chi connectivity index (χ3n) is 5.56. The molecule has 0 atom stereocenters. The summed E-state index contributed by atoms with van der Waals surface area (Å²) in [7, 11) is 1.34. The number of aromatic nitrogens is 1. The van der Waals surface area contributed by atoms with Crippen molar-refractivity contribution >= 4 is 17.6 Å². The van der Waals surface area contributed by atoms with E-state index in [4.69, 9.17) is 4.74 Å². The zero-order valence-corrected chi connectivity index (χ0v) is 18.3. The summed E-state index contributed by atoms with van der Waals surface area (Å²) < 4.78 is 43.0. The molecule has 3 aromatic rings. The van der Waals surface area contributed by atoms with Crippen molar-refractivity contribution in [3.8, 4) is 11.1 Å². The van der Waals surface area contributed by atoms with Gasteiger partial charge in [-0.15, -0.1) is 0 Å². The molecule has 4 rings (SSSR count). The van der Waals surface area contributed by atoms with Gasteiger partial charge in [-0.05, 0) is 40.5 Å². The zero-order chi connectivity index (χ0) is 24.3. The third kappa shape index (κ3) is 5.17. The molecule has 8 heteroatoms. The molecule has 0 radical (unpaired) electrons. The molecule has 174 valence electrons. The molecule has 0 saturated heterocycles. The van der Waals surface area contributed by atoms with Crippen molar-refractivity contribution in [1.29, 1.82) is 0 Å². The van der Waals surface area contributed by atoms with E-state index >= 15 is 0 Å². The first kappa shape index (κ1) is 23.2. The average Bonchev–Trinajstić information content (AvgIpc) is 3.22. The van der Waals surface area contributed by atoms with E-state index in [1.165, 1.54) is 19.2 Å². The summed E-state index contributed by atoms with van der Waals surface area (Å²) in [5.74, 6) is -0.652. The average molecular weight is 466 g/mol. The van der Waals surface area contributed by atoms with Crippen LogP contribution in [0.3, 0.4) is 0 Å². The number of nitrogens with zero attached hydrogens (tertiary/aromatic N) is 1. The summed E-state index contributed by atoms with van der Waals surface area (Å²) in [4.78, 5) is 28.6. The number of amides is 1. The number of halogens is 3. The second kappa shape index (κ2) is 9.51. The highest BCUT2D eigenvalue weighted by Gasteiger charge is 2.30. The van der Waals surface area contributed by atoms with Gasteiger partial charge in [0.1, 0.15) is 0 Å². The summed E-state index contributed by atoms with van der Waals surface area (Å²) in [6.45, 7) is 0. The van der Waals surface area contributed by atoms with Crippen molar-refractivity contribution < 1.29 is 27.5 Å². The van der Waals surface area contributed by atoms with Crippen LogP contribution < -0.4 is 5.32 Å². The number of rotatable bonds is 6. The molecule has 1 heterocycles. The molecule has 0 fully saturated rings. The van der Waals surface area contributed by atoms with Crippen molar-refractivity contribution in [2.75, 3.05) is 7.11 Å². The number of benzene rings is 2. The Kier molecular flexibility index (Phi) is 6.49. The monoisotopic (exact) mass is 466 g/mol. The van der Waals surface area contributed by atoms with Crippen LogP contribution in [0.2, 0.25) is 0 Å². The quantitative estimate of drug-likeness (QED) is 0.533. The molecule has 34 heavy (non-hydrogen) atoms. The summed E-state index contributed by atoms with van der Waals surface area (Å²) >= 11 is 0. The van der Waals surface area contributed by atoms with E-state index in [0.29, 0.717) is 17.7 Å². The molecule has 2 aromatic carbocycles. The Hall–Kier alpha value is -3.94. The molecule has 5 nitrogen and oxygen atoms in total. The Morgan fingerprint density at radius 1 is 0.971 bits per heavy atom. The molecule has 1 aliphatic carbocycles. The van der Waals surface area contributed by atoms with Crippen LogP contribution in [-0.4, -0.2) is 24.0 Å². The lowest BCUT2D eigenvalue weighted by atomic mass is 9.97. The SMILES string of the molecule is COC(=O)Cc1ccc(-c2ccnc3c2C(NC(=O)Cc2ccc(C(F)(F)F)cc2)=CC3)cc1. The van der Waals surface area contributed by atoms with Gasteiger partial charge in [0.25, 0.3) is 0 Å². The normalized spacial score (nSPS) is 12.6. The standard InChI is InChI=1S/C26H21F3N2O3/c1-34-24(33)15-17-2-6-18(7-3-17)20-12-13-30-21-10-11-22(25(20)21)31-23(32)14-16-4-8-19(9-5-16)26(27,28)29/h2-9,11-13H,10,14-15H2,1H3,(H,31,32). The van der Waals surface area contributed by atoms with Gasteiger partial charge < -0.3 is 10.1 Å². The van der Waals surface area contributed by atoms with Gasteiger partial charge in [0.05, 0.1) is 31.2 Å². The highest BCUT2D eigenvalue weighted by atomic mass is 19.4. The van der Waals surface area contributed by atoms with E-state index in [1.807, 2.05) is 36.4 Å². The Labute approximate surface area is 194 Å². The smallest absolute Gasteiger partial charge is 0.416 e. The van der Waals surface area contributed by atoms with Crippen molar-refractivity contribution in [2.24, 2.45) is 0 Å². The minimum absolute atomic E-state index is 0.0529. The number of methoxy groups -OCH3 is 1. The lowest BCUT2D eigenvalue weighted by Gasteiger charge is -2.14. The number of alkyl halides is 3. The number of carbonyl (C=O) groups is 2. The van der Waals surface area contributed by atoms with Crippen LogP contribution in [-0.2, 0) is 39.8 Å². The van der Waals surface area contributed by atoms with Gasteiger partial charge in [-0.1, -0.05) is 42.5 Å². The topological polar surface area (TPSA) is 68.3 Å².